The summed E-state index contributed by atoms with van der Waals surface area (Å²) in [6.07, 6.45) is 2.06. The van der Waals surface area contributed by atoms with Gasteiger partial charge in [0.05, 0.1) is 24.5 Å². The molecule has 5 heteroatoms. The van der Waals surface area contributed by atoms with Crippen molar-refractivity contribution < 1.29 is 4.74 Å². The Bertz CT molecular complexity index is 285. The lowest BCUT2D eigenvalue weighted by Gasteiger charge is -2.06. The van der Waals surface area contributed by atoms with Crippen molar-refractivity contribution >= 4 is 0 Å². The fraction of sp³-hybridized carbons (Fsp3) is 0.800. The van der Waals surface area contributed by atoms with E-state index in [0.717, 1.165) is 37.4 Å². The summed E-state index contributed by atoms with van der Waals surface area (Å²) >= 11 is 0. The molecule has 1 heterocycles. The molecule has 0 saturated carbocycles. The van der Waals surface area contributed by atoms with Crippen LogP contribution in [0, 0.1) is 0 Å². The van der Waals surface area contributed by atoms with Crippen LogP contribution in [-0.2, 0) is 24.2 Å². The second-order valence-electron chi connectivity index (χ2n) is 3.36. The van der Waals surface area contributed by atoms with Crippen molar-refractivity contribution in [3.63, 3.8) is 0 Å². The van der Waals surface area contributed by atoms with Gasteiger partial charge < -0.3 is 10.5 Å². The van der Waals surface area contributed by atoms with Gasteiger partial charge in [0.15, 0.2) is 0 Å². The number of nitrogens with zero attached hydrogens (tertiary/aromatic N) is 3. The molecule has 0 aliphatic rings. The molecule has 0 aliphatic heterocycles. The number of aromatic nitrogens is 3. The first kappa shape index (κ1) is 12.1. The zero-order chi connectivity index (χ0) is 11.1. The van der Waals surface area contributed by atoms with Gasteiger partial charge in [0, 0.05) is 13.2 Å². The number of hydrogen-bond donors (Lipinski definition) is 1. The van der Waals surface area contributed by atoms with Gasteiger partial charge in [0.25, 0.3) is 0 Å². The third-order valence-electron chi connectivity index (χ3n) is 2.25. The molecule has 0 atom stereocenters. The maximum Gasteiger partial charge on any atom is 0.0994 e. The third kappa shape index (κ3) is 3.28. The lowest BCUT2D eigenvalue weighted by molar-refractivity contribution is 0.135. The fourth-order valence-corrected chi connectivity index (χ4v) is 1.51. The molecule has 5 nitrogen and oxygen atoms in total. The molecule has 2 N–H and O–H groups in total. The molecule has 86 valence electrons. The molecule has 1 aromatic rings. The highest BCUT2D eigenvalue weighted by Crippen LogP contribution is 2.07. The lowest BCUT2D eigenvalue weighted by atomic mass is 10.2. The molecule has 0 radical (unpaired) electrons. The van der Waals surface area contributed by atoms with E-state index < -0.39 is 0 Å². The monoisotopic (exact) mass is 212 g/mol. The van der Waals surface area contributed by atoms with Crippen molar-refractivity contribution in [3.8, 4) is 0 Å². The Kier molecular flexibility index (Phi) is 5.28. The molecule has 0 fully saturated rings. The smallest absolute Gasteiger partial charge is 0.0994 e. The van der Waals surface area contributed by atoms with Crippen LogP contribution in [-0.4, -0.2) is 28.2 Å². The van der Waals surface area contributed by atoms with Crippen LogP contribution >= 0.6 is 0 Å². The number of hydrogen-bond acceptors (Lipinski definition) is 4. The van der Waals surface area contributed by atoms with Crippen molar-refractivity contribution in [2.45, 2.75) is 39.8 Å². The Morgan fingerprint density at radius 1 is 1.40 bits per heavy atom. The third-order valence-corrected chi connectivity index (χ3v) is 2.25. The minimum absolute atomic E-state index is 0.462. The average Bonchev–Trinajstić information content (AvgIpc) is 2.62. The normalized spacial score (nSPS) is 10.9. The highest BCUT2D eigenvalue weighted by Gasteiger charge is 2.09. The van der Waals surface area contributed by atoms with Crippen LogP contribution in [0.4, 0.5) is 0 Å². The first-order chi connectivity index (χ1) is 7.33. The largest absolute Gasteiger partial charge is 0.380 e. The number of rotatable bonds is 7. The van der Waals surface area contributed by atoms with Crippen LogP contribution in [0.5, 0.6) is 0 Å². The van der Waals surface area contributed by atoms with E-state index in [1.165, 1.54) is 0 Å². The van der Waals surface area contributed by atoms with Crippen LogP contribution in [0.2, 0.25) is 0 Å². The Labute approximate surface area is 90.6 Å². The molecule has 0 spiro atoms. The fourth-order valence-electron chi connectivity index (χ4n) is 1.51. The van der Waals surface area contributed by atoms with Crippen LogP contribution in [0.3, 0.4) is 0 Å². The highest BCUT2D eigenvalue weighted by atomic mass is 16.5. The first-order valence-electron chi connectivity index (χ1n) is 5.52. The predicted octanol–water partition coefficient (Wildman–Crippen LogP) is 0.726. The Morgan fingerprint density at radius 2 is 2.20 bits per heavy atom. The topological polar surface area (TPSA) is 66.0 Å². The Balaban J connectivity index is 2.64. The van der Waals surface area contributed by atoms with E-state index in [9.17, 15) is 0 Å². The second-order valence-corrected chi connectivity index (χ2v) is 3.36. The summed E-state index contributed by atoms with van der Waals surface area (Å²) in [6.45, 7) is 6.77. The van der Waals surface area contributed by atoms with E-state index in [2.05, 4.69) is 17.2 Å². The summed E-state index contributed by atoms with van der Waals surface area (Å²) in [5.41, 5.74) is 7.67. The Morgan fingerprint density at radius 3 is 2.80 bits per heavy atom. The summed E-state index contributed by atoms with van der Waals surface area (Å²) in [6, 6.07) is 0. The van der Waals surface area contributed by atoms with Crippen LogP contribution in [0.1, 0.15) is 31.7 Å². The van der Waals surface area contributed by atoms with E-state index in [1.54, 1.807) is 0 Å². The summed E-state index contributed by atoms with van der Waals surface area (Å²) < 4.78 is 7.20. The average molecular weight is 212 g/mol. The van der Waals surface area contributed by atoms with Gasteiger partial charge in [-0.15, -0.1) is 5.10 Å². The van der Waals surface area contributed by atoms with Crippen molar-refractivity contribution in [3.05, 3.63) is 11.4 Å². The van der Waals surface area contributed by atoms with Gasteiger partial charge in [-0.05, 0) is 13.3 Å². The van der Waals surface area contributed by atoms with Gasteiger partial charge in [0.1, 0.15) is 0 Å². The molecule has 15 heavy (non-hydrogen) atoms. The summed E-state index contributed by atoms with van der Waals surface area (Å²) in [4.78, 5) is 0. The van der Waals surface area contributed by atoms with Gasteiger partial charge in [-0.1, -0.05) is 18.6 Å². The van der Waals surface area contributed by atoms with Crippen molar-refractivity contribution in [2.75, 3.05) is 13.2 Å². The Hall–Kier alpha value is -0.940. The van der Waals surface area contributed by atoms with Gasteiger partial charge in [-0.25, -0.2) is 4.68 Å². The van der Waals surface area contributed by atoms with Crippen LogP contribution in [0.15, 0.2) is 0 Å². The zero-order valence-corrected chi connectivity index (χ0v) is 9.57. The molecular weight excluding hydrogens is 192 g/mol. The number of nitrogens with two attached hydrogens (primary N) is 1. The van der Waals surface area contributed by atoms with E-state index in [-0.39, 0.29) is 0 Å². The lowest BCUT2D eigenvalue weighted by Crippen LogP contribution is -2.12. The van der Waals surface area contributed by atoms with Gasteiger partial charge in [0.2, 0.25) is 0 Å². The minimum atomic E-state index is 0.462. The maximum absolute atomic E-state index is 5.60. The molecule has 0 amide bonds. The molecular formula is C10H20N4O. The zero-order valence-electron chi connectivity index (χ0n) is 9.57. The SMILES string of the molecule is CCCc1c(CN)nnn1CCOCC. The van der Waals surface area contributed by atoms with Crippen molar-refractivity contribution in [2.24, 2.45) is 5.73 Å². The number of ether oxygens (including phenoxy) is 1. The van der Waals surface area contributed by atoms with Gasteiger partial charge in [-0.2, -0.15) is 0 Å². The molecule has 0 saturated heterocycles. The maximum atomic E-state index is 5.60. The molecule has 1 aromatic heterocycles. The molecule has 0 aromatic carbocycles. The molecule has 0 unspecified atom stereocenters. The van der Waals surface area contributed by atoms with Gasteiger partial charge in [-0.3, -0.25) is 0 Å². The quantitative estimate of drug-likeness (QED) is 0.676. The van der Waals surface area contributed by atoms with Crippen molar-refractivity contribution in [1.29, 1.82) is 0 Å². The molecule has 1 rings (SSSR count). The van der Waals surface area contributed by atoms with Crippen LogP contribution < -0.4 is 5.73 Å². The molecule has 0 bridgehead atoms. The standard InChI is InChI=1S/C10H20N4O/c1-3-5-10-9(8-11)12-13-14(10)6-7-15-4-2/h3-8,11H2,1-2H3. The van der Waals surface area contributed by atoms with E-state index >= 15 is 0 Å². The van der Waals surface area contributed by atoms with E-state index in [1.807, 2.05) is 11.6 Å². The highest BCUT2D eigenvalue weighted by molar-refractivity contribution is 5.09. The minimum Gasteiger partial charge on any atom is -0.380 e. The second kappa shape index (κ2) is 6.53. The van der Waals surface area contributed by atoms with Crippen LogP contribution in [0.25, 0.3) is 0 Å². The van der Waals surface area contributed by atoms with E-state index in [4.69, 9.17) is 10.5 Å². The summed E-state index contributed by atoms with van der Waals surface area (Å²) in [5, 5.41) is 8.15. The summed E-state index contributed by atoms with van der Waals surface area (Å²) in [5.74, 6) is 0. The van der Waals surface area contributed by atoms with E-state index in [0.29, 0.717) is 13.2 Å². The predicted molar refractivity (Wildman–Crippen MR) is 58.4 cm³/mol. The van der Waals surface area contributed by atoms with Crippen molar-refractivity contribution in [1.82, 2.24) is 15.0 Å². The first-order valence-corrected chi connectivity index (χ1v) is 5.52. The van der Waals surface area contributed by atoms with Gasteiger partial charge >= 0.3 is 0 Å². The molecule has 0 aliphatic carbocycles. The summed E-state index contributed by atoms with van der Waals surface area (Å²) in [7, 11) is 0.